The van der Waals surface area contributed by atoms with Crippen LogP contribution in [0.25, 0.3) is 0 Å². The van der Waals surface area contributed by atoms with Crippen LogP contribution >= 0.6 is 0 Å². The minimum absolute atomic E-state index is 0.0668. The van der Waals surface area contributed by atoms with Crippen LogP contribution in [0.1, 0.15) is 18.6 Å². The average Bonchev–Trinajstić information content (AvgIpc) is 3.18. The van der Waals surface area contributed by atoms with Crippen LogP contribution in [0.5, 0.6) is 0 Å². The van der Waals surface area contributed by atoms with Crippen LogP contribution in [-0.4, -0.2) is 18.5 Å². The van der Waals surface area contributed by atoms with Gasteiger partial charge in [0.05, 0.1) is 18.7 Å². The summed E-state index contributed by atoms with van der Waals surface area (Å²) in [7, 11) is 0. The lowest BCUT2D eigenvalue weighted by Crippen LogP contribution is -2.30. The summed E-state index contributed by atoms with van der Waals surface area (Å²) in [4.78, 5) is 23.5. The first-order valence-corrected chi connectivity index (χ1v) is 6.86. The average molecular weight is 275 g/mol. The van der Waals surface area contributed by atoms with E-state index < -0.39 is 0 Å². The van der Waals surface area contributed by atoms with E-state index >= 15 is 0 Å². The van der Waals surface area contributed by atoms with E-state index in [1.807, 2.05) is 0 Å². The molecule has 3 rings (SSSR count). The van der Waals surface area contributed by atoms with Crippen molar-refractivity contribution in [2.24, 2.45) is 17.8 Å². The Morgan fingerprint density at radius 1 is 1.35 bits per heavy atom. The number of nitrogens with one attached hydrogen (secondary N) is 1. The van der Waals surface area contributed by atoms with Gasteiger partial charge in [-0.25, -0.2) is 0 Å². The van der Waals surface area contributed by atoms with E-state index in [0.717, 1.165) is 12.8 Å². The summed E-state index contributed by atoms with van der Waals surface area (Å²) in [5.74, 6) is 0.859. The normalized spacial score (nSPS) is 26.7. The quantitative estimate of drug-likeness (QED) is 0.655. The summed E-state index contributed by atoms with van der Waals surface area (Å²) in [6.07, 6.45) is 7.71. The molecule has 0 aliphatic heterocycles. The molecule has 5 heteroatoms. The van der Waals surface area contributed by atoms with Gasteiger partial charge in [0.15, 0.2) is 6.61 Å². The van der Waals surface area contributed by atoms with Gasteiger partial charge in [-0.1, -0.05) is 12.2 Å². The van der Waals surface area contributed by atoms with E-state index in [4.69, 9.17) is 9.15 Å². The minimum Gasteiger partial charge on any atom is -0.467 e. The van der Waals surface area contributed by atoms with Crippen molar-refractivity contribution in [3.05, 3.63) is 36.3 Å². The predicted molar refractivity (Wildman–Crippen MR) is 70.4 cm³/mol. The summed E-state index contributed by atoms with van der Waals surface area (Å²) in [5.41, 5.74) is 0. The van der Waals surface area contributed by atoms with E-state index in [2.05, 4.69) is 17.5 Å². The Kier molecular flexibility index (Phi) is 3.58. The van der Waals surface area contributed by atoms with Crippen molar-refractivity contribution in [1.29, 1.82) is 0 Å². The highest BCUT2D eigenvalue weighted by atomic mass is 16.5. The topological polar surface area (TPSA) is 68.5 Å². The van der Waals surface area contributed by atoms with Crippen LogP contribution in [0.4, 0.5) is 0 Å². The number of ether oxygens (including phenoxy) is 1. The van der Waals surface area contributed by atoms with E-state index in [0.29, 0.717) is 24.1 Å². The Balaban J connectivity index is 1.39. The first-order chi connectivity index (χ1) is 9.72. The third kappa shape index (κ3) is 2.76. The smallest absolute Gasteiger partial charge is 0.310 e. The molecule has 0 radical (unpaired) electrons. The van der Waals surface area contributed by atoms with Gasteiger partial charge in [-0.05, 0) is 36.8 Å². The molecule has 3 atom stereocenters. The molecule has 106 valence electrons. The monoisotopic (exact) mass is 275 g/mol. The molecule has 1 N–H and O–H groups in total. The Bertz CT molecular complexity index is 520. The highest BCUT2D eigenvalue weighted by Gasteiger charge is 2.40. The number of rotatable bonds is 5. The number of carbonyl (C=O) groups excluding carboxylic acids is 2. The van der Waals surface area contributed by atoms with Gasteiger partial charge in [0, 0.05) is 0 Å². The van der Waals surface area contributed by atoms with Gasteiger partial charge in [-0.15, -0.1) is 0 Å². The van der Waals surface area contributed by atoms with Gasteiger partial charge in [0.25, 0.3) is 5.91 Å². The van der Waals surface area contributed by atoms with Gasteiger partial charge in [0.1, 0.15) is 5.76 Å². The van der Waals surface area contributed by atoms with Crippen molar-refractivity contribution >= 4 is 11.9 Å². The summed E-state index contributed by atoms with van der Waals surface area (Å²) < 4.78 is 10.2. The van der Waals surface area contributed by atoms with Crippen LogP contribution in [0.3, 0.4) is 0 Å². The zero-order valence-electron chi connectivity index (χ0n) is 11.1. The molecule has 20 heavy (non-hydrogen) atoms. The van der Waals surface area contributed by atoms with Crippen molar-refractivity contribution < 1.29 is 18.7 Å². The Hall–Kier alpha value is -2.04. The van der Waals surface area contributed by atoms with Crippen LogP contribution in [0.15, 0.2) is 35.0 Å². The second-order valence-electron chi connectivity index (χ2n) is 5.35. The molecule has 1 aromatic rings. The molecule has 1 fully saturated rings. The molecular formula is C15H17NO4. The molecule has 0 aromatic carbocycles. The Morgan fingerprint density at radius 3 is 2.90 bits per heavy atom. The zero-order chi connectivity index (χ0) is 13.9. The number of carbonyl (C=O) groups is 2. The first-order valence-electron chi connectivity index (χ1n) is 6.86. The van der Waals surface area contributed by atoms with E-state index in [1.165, 1.54) is 0 Å². The van der Waals surface area contributed by atoms with Crippen LogP contribution in [0.2, 0.25) is 0 Å². The lowest BCUT2D eigenvalue weighted by atomic mass is 9.94. The Morgan fingerprint density at radius 2 is 2.25 bits per heavy atom. The van der Waals surface area contributed by atoms with Crippen molar-refractivity contribution in [1.82, 2.24) is 5.32 Å². The summed E-state index contributed by atoms with van der Waals surface area (Å²) in [6, 6.07) is 3.53. The number of hydrogen-bond donors (Lipinski definition) is 1. The third-order valence-corrected chi connectivity index (χ3v) is 3.97. The van der Waals surface area contributed by atoms with Gasteiger partial charge in [-0.2, -0.15) is 0 Å². The fourth-order valence-corrected chi connectivity index (χ4v) is 2.95. The first kappa shape index (κ1) is 13.0. The number of hydrogen-bond acceptors (Lipinski definition) is 4. The van der Waals surface area contributed by atoms with Gasteiger partial charge >= 0.3 is 5.97 Å². The molecule has 1 heterocycles. The van der Waals surface area contributed by atoms with Gasteiger partial charge < -0.3 is 14.5 Å². The van der Waals surface area contributed by atoms with Crippen molar-refractivity contribution in [3.63, 3.8) is 0 Å². The molecule has 1 saturated carbocycles. The standard InChI is InChI=1S/C15H17NO4/c17-14(16-8-12-2-1-5-19-12)9-20-15(18)13-7-10-3-4-11(13)6-10/h1-5,10-11,13H,6-9H2,(H,16,17)/t10-,11+,13+/m1/s1. The lowest BCUT2D eigenvalue weighted by molar-refractivity contribution is -0.153. The SMILES string of the molecule is O=C(COC(=O)[C@H]1C[C@@H]2C=C[C@H]1C2)NCc1ccco1. The maximum atomic E-state index is 11.9. The molecule has 0 spiro atoms. The van der Waals surface area contributed by atoms with E-state index in [1.54, 1.807) is 18.4 Å². The maximum Gasteiger partial charge on any atom is 0.310 e. The zero-order valence-corrected chi connectivity index (χ0v) is 11.1. The van der Waals surface area contributed by atoms with E-state index in [-0.39, 0.29) is 24.4 Å². The van der Waals surface area contributed by atoms with Gasteiger partial charge in [0.2, 0.25) is 0 Å². The molecule has 2 bridgehead atoms. The van der Waals surface area contributed by atoms with Crippen LogP contribution in [-0.2, 0) is 20.9 Å². The summed E-state index contributed by atoms with van der Waals surface area (Å²) in [5, 5.41) is 2.64. The largest absolute Gasteiger partial charge is 0.467 e. The molecule has 1 amide bonds. The predicted octanol–water partition coefficient (Wildman–Crippen LogP) is 1.65. The molecule has 2 aliphatic carbocycles. The number of fused-ring (bicyclic) bond motifs is 2. The van der Waals surface area contributed by atoms with Crippen LogP contribution in [0, 0.1) is 17.8 Å². The third-order valence-electron chi connectivity index (χ3n) is 3.97. The second kappa shape index (κ2) is 5.53. The molecular weight excluding hydrogens is 258 g/mol. The van der Waals surface area contributed by atoms with Crippen LogP contribution < -0.4 is 5.32 Å². The summed E-state index contributed by atoms with van der Waals surface area (Å²) >= 11 is 0. The number of allylic oxidation sites excluding steroid dienone is 2. The molecule has 2 aliphatic rings. The highest BCUT2D eigenvalue weighted by molar-refractivity contribution is 5.81. The van der Waals surface area contributed by atoms with E-state index in [9.17, 15) is 9.59 Å². The number of esters is 1. The summed E-state index contributed by atoms with van der Waals surface area (Å²) in [6.45, 7) is 0.0807. The van der Waals surface area contributed by atoms with Gasteiger partial charge in [-0.3, -0.25) is 9.59 Å². The Labute approximate surface area is 117 Å². The number of amides is 1. The molecule has 0 saturated heterocycles. The van der Waals surface area contributed by atoms with Crippen molar-refractivity contribution in [2.75, 3.05) is 6.61 Å². The fourth-order valence-electron chi connectivity index (χ4n) is 2.95. The van der Waals surface area contributed by atoms with Crippen molar-refractivity contribution in [2.45, 2.75) is 19.4 Å². The molecule has 5 nitrogen and oxygen atoms in total. The second-order valence-corrected chi connectivity index (χ2v) is 5.35. The number of furan rings is 1. The highest BCUT2D eigenvalue weighted by Crippen LogP contribution is 2.43. The van der Waals surface area contributed by atoms with Crippen molar-refractivity contribution in [3.8, 4) is 0 Å². The lowest BCUT2D eigenvalue weighted by Gasteiger charge is -2.16. The minimum atomic E-state index is -0.312. The molecule has 1 aromatic heterocycles. The maximum absolute atomic E-state index is 11.9. The fraction of sp³-hybridized carbons (Fsp3) is 0.467. The molecule has 0 unspecified atom stereocenters.